The van der Waals surface area contributed by atoms with Gasteiger partial charge in [-0.1, -0.05) is 18.5 Å². The van der Waals surface area contributed by atoms with Crippen LogP contribution in [0.3, 0.4) is 0 Å². The van der Waals surface area contributed by atoms with Crippen molar-refractivity contribution in [3.63, 3.8) is 0 Å². The maximum absolute atomic E-state index is 9.29. The first-order chi connectivity index (χ1) is 8.71. The standard InChI is InChI=1S/C13H12ClN3O/c1-2-12-11(8-18)13(14)17(16-12)10-5-3-9(7-15)4-6-10/h3-6,18H,2,8H2,1H3. The van der Waals surface area contributed by atoms with E-state index < -0.39 is 0 Å². The van der Waals surface area contributed by atoms with Crippen molar-refractivity contribution in [2.75, 3.05) is 0 Å². The van der Waals surface area contributed by atoms with Gasteiger partial charge in [-0.05, 0) is 30.7 Å². The van der Waals surface area contributed by atoms with Crippen molar-refractivity contribution in [1.29, 1.82) is 5.26 Å². The van der Waals surface area contributed by atoms with Crippen LogP contribution >= 0.6 is 11.6 Å². The number of aromatic nitrogens is 2. The van der Waals surface area contributed by atoms with Crippen LogP contribution in [0, 0.1) is 11.3 Å². The number of nitriles is 1. The lowest BCUT2D eigenvalue weighted by Crippen LogP contribution is -1.97. The lowest BCUT2D eigenvalue weighted by molar-refractivity contribution is 0.281. The number of aliphatic hydroxyl groups excluding tert-OH is 1. The highest BCUT2D eigenvalue weighted by Gasteiger charge is 2.15. The molecule has 18 heavy (non-hydrogen) atoms. The van der Waals surface area contributed by atoms with Crippen molar-refractivity contribution in [2.45, 2.75) is 20.0 Å². The third-order valence-electron chi connectivity index (χ3n) is 2.74. The molecule has 0 bridgehead atoms. The molecule has 0 aliphatic carbocycles. The first kappa shape index (κ1) is 12.6. The zero-order valence-corrected chi connectivity index (χ0v) is 10.6. The van der Waals surface area contributed by atoms with E-state index in [2.05, 4.69) is 11.2 Å². The second-order valence-electron chi connectivity index (χ2n) is 3.80. The Balaban J connectivity index is 2.50. The predicted molar refractivity (Wildman–Crippen MR) is 68.6 cm³/mol. The van der Waals surface area contributed by atoms with Gasteiger partial charge >= 0.3 is 0 Å². The maximum Gasteiger partial charge on any atom is 0.138 e. The molecule has 1 aromatic carbocycles. The van der Waals surface area contributed by atoms with E-state index in [1.54, 1.807) is 28.9 Å². The lowest BCUT2D eigenvalue weighted by atomic mass is 10.2. The van der Waals surface area contributed by atoms with Gasteiger partial charge in [-0.25, -0.2) is 4.68 Å². The van der Waals surface area contributed by atoms with Gasteiger partial charge in [0.05, 0.1) is 29.6 Å². The summed E-state index contributed by atoms with van der Waals surface area (Å²) < 4.78 is 1.58. The van der Waals surface area contributed by atoms with E-state index in [1.165, 1.54) is 0 Å². The van der Waals surface area contributed by atoms with Crippen molar-refractivity contribution in [3.8, 4) is 11.8 Å². The Morgan fingerprint density at radius 3 is 2.50 bits per heavy atom. The van der Waals surface area contributed by atoms with Crippen LogP contribution in [0.1, 0.15) is 23.7 Å². The summed E-state index contributed by atoms with van der Waals surface area (Å²) in [5, 5.41) is 22.8. The van der Waals surface area contributed by atoms with Crippen LogP contribution in [-0.4, -0.2) is 14.9 Å². The fourth-order valence-corrected chi connectivity index (χ4v) is 2.06. The molecule has 0 amide bonds. The Hall–Kier alpha value is -1.83. The van der Waals surface area contributed by atoms with Gasteiger partial charge in [0.25, 0.3) is 0 Å². The van der Waals surface area contributed by atoms with Crippen LogP contribution in [-0.2, 0) is 13.0 Å². The van der Waals surface area contributed by atoms with E-state index in [9.17, 15) is 5.11 Å². The van der Waals surface area contributed by atoms with E-state index in [1.807, 2.05) is 6.92 Å². The molecule has 0 aliphatic rings. The van der Waals surface area contributed by atoms with Gasteiger partial charge in [-0.2, -0.15) is 10.4 Å². The Morgan fingerprint density at radius 1 is 1.39 bits per heavy atom. The highest BCUT2D eigenvalue weighted by Crippen LogP contribution is 2.24. The van der Waals surface area contributed by atoms with Crippen molar-refractivity contribution < 1.29 is 5.11 Å². The van der Waals surface area contributed by atoms with Gasteiger partial charge in [0.1, 0.15) is 5.15 Å². The zero-order chi connectivity index (χ0) is 13.1. The van der Waals surface area contributed by atoms with Gasteiger partial charge in [-0.15, -0.1) is 0 Å². The maximum atomic E-state index is 9.29. The SMILES string of the molecule is CCc1nn(-c2ccc(C#N)cc2)c(Cl)c1CO. The second-order valence-corrected chi connectivity index (χ2v) is 4.16. The van der Waals surface area contributed by atoms with E-state index in [0.29, 0.717) is 22.7 Å². The first-order valence-corrected chi connectivity index (χ1v) is 5.96. The predicted octanol–water partition coefficient (Wildman–Crippen LogP) is 2.45. The number of aryl methyl sites for hydroxylation is 1. The molecule has 5 heteroatoms. The summed E-state index contributed by atoms with van der Waals surface area (Å²) in [5.41, 5.74) is 2.80. The lowest BCUT2D eigenvalue weighted by Gasteiger charge is -2.02. The topological polar surface area (TPSA) is 61.8 Å². The first-order valence-electron chi connectivity index (χ1n) is 5.59. The molecule has 0 radical (unpaired) electrons. The summed E-state index contributed by atoms with van der Waals surface area (Å²) in [7, 11) is 0. The molecule has 2 rings (SSSR count). The van der Waals surface area contributed by atoms with Crippen molar-refractivity contribution in [1.82, 2.24) is 9.78 Å². The van der Waals surface area contributed by atoms with Crippen LogP contribution in [0.2, 0.25) is 5.15 Å². The van der Waals surface area contributed by atoms with Gasteiger partial charge in [-0.3, -0.25) is 0 Å². The van der Waals surface area contributed by atoms with Crippen LogP contribution < -0.4 is 0 Å². The number of aliphatic hydroxyl groups is 1. The van der Waals surface area contributed by atoms with Crippen LogP contribution in [0.5, 0.6) is 0 Å². The smallest absolute Gasteiger partial charge is 0.138 e. The monoisotopic (exact) mass is 261 g/mol. The molecule has 92 valence electrons. The molecule has 0 atom stereocenters. The zero-order valence-electron chi connectivity index (χ0n) is 9.89. The Kier molecular flexibility index (Phi) is 3.66. The fourth-order valence-electron chi connectivity index (χ4n) is 1.76. The van der Waals surface area contributed by atoms with Gasteiger partial charge in [0.15, 0.2) is 0 Å². The van der Waals surface area contributed by atoms with Gasteiger partial charge in [0, 0.05) is 5.56 Å². The number of halogens is 1. The van der Waals surface area contributed by atoms with Crippen molar-refractivity contribution in [3.05, 3.63) is 46.2 Å². The molecule has 1 aromatic heterocycles. The summed E-state index contributed by atoms with van der Waals surface area (Å²) in [6, 6.07) is 9.02. The quantitative estimate of drug-likeness (QED) is 0.923. The Labute approximate surface area is 110 Å². The van der Waals surface area contributed by atoms with Crippen LogP contribution in [0.4, 0.5) is 0 Å². The van der Waals surface area contributed by atoms with E-state index in [4.69, 9.17) is 16.9 Å². The highest BCUT2D eigenvalue weighted by atomic mass is 35.5. The number of hydrogen-bond acceptors (Lipinski definition) is 3. The van der Waals surface area contributed by atoms with E-state index >= 15 is 0 Å². The summed E-state index contributed by atoms with van der Waals surface area (Å²) in [6.07, 6.45) is 0.707. The summed E-state index contributed by atoms with van der Waals surface area (Å²) in [4.78, 5) is 0. The minimum Gasteiger partial charge on any atom is -0.391 e. The number of hydrogen-bond donors (Lipinski definition) is 1. The summed E-state index contributed by atoms with van der Waals surface area (Å²) >= 11 is 6.19. The molecule has 0 unspecified atom stereocenters. The fraction of sp³-hybridized carbons (Fsp3) is 0.231. The molecule has 1 N–H and O–H groups in total. The Bertz CT molecular complexity index is 596. The largest absolute Gasteiger partial charge is 0.391 e. The molecule has 0 aliphatic heterocycles. The molecule has 2 aromatic rings. The molecule has 0 spiro atoms. The molecular weight excluding hydrogens is 250 g/mol. The van der Waals surface area contributed by atoms with Crippen LogP contribution in [0.15, 0.2) is 24.3 Å². The minimum absolute atomic E-state index is 0.127. The van der Waals surface area contributed by atoms with Gasteiger partial charge < -0.3 is 5.11 Å². The minimum atomic E-state index is -0.127. The average molecular weight is 262 g/mol. The van der Waals surface area contributed by atoms with Crippen LogP contribution in [0.25, 0.3) is 5.69 Å². The van der Waals surface area contributed by atoms with Gasteiger partial charge in [0.2, 0.25) is 0 Å². The number of benzene rings is 1. The number of rotatable bonds is 3. The van der Waals surface area contributed by atoms with Crippen molar-refractivity contribution >= 4 is 11.6 Å². The van der Waals surface area contributed by atoms with Crippen molar-refractivity contribution in [2.24, 2.45) is 0 Å². The van der Waals surface area contributed by atoms with E-state index in [0.717, 1.165) is 11.4 Å². The normalized spacial score (nSPS) is 10.3. The molecule has 1 heterocycles. The Morgan fingerprint density at radius 2 is 2.06 bits per heavy atom. The van der Waals surface area contributed by atoms with E-state index in [-0.39, 0.29) is 6.61 Å². The molecule has 0 fully saturated rings. The average Bonchev–Trinajstić information content (AvgIpc) is 2.75. The molecule has 0 saturated heterocycles. The highest BCUT2D eigenvalue weighted by molar-refractivity contribution is 6.30. The third kappa shape index (κ3) is 2.10. The summed E-state index contributed by atoms with van der Waals surface area (Å²) in [5.74, 6) is 0. The molecule has 4 nitrogen and oxygen atoms in total. The second kappa shape index (κ2) is 5.21. The molecular formula is C13H12ClN3O. The molecule has 0 saturated carbocycles. The number of nitrogens with zero attached hydrogens (tertiary/aromatic N) is 3. The third-order valence-corrected chi connectivity index (χ3v) is 3.13. The summed E-state index contributed by atoms with van der Waals surface area (Å²) in [6.45, 7) is 1.83.